The Labute approximate surface area is 131 Å². The highest BCUT2D eigenvalue weighted by atomic mass is 16.5. The lowest BCUT2D eigenvalue weighted by Gasteiger charge is -2.27. The molecule has 0 atom stereocenters. The van der Waals surface area contributed by atoms with Crippen molar-refractivity contribution in [2.75, 3.05) is 13.2 Å². The molecule has 22 heavy (non-hydrogen) atoms. The van der Waals surface area contributed by atoms with Crippen LogP contribution in [0.15, 0.2) is 18.2 Å². The van der Waals surface area contributed by atoms with Crippen molar-refractivity contribution in [2.45, 2.75) is 45.6 Å². The van der Waals surface area contributed by atoms with E-state index in [0.29, 0.717) is 5.75 Å². The summed E-state index contributed by atoms with van der Waals surface area (Å²) in [4.78, 5) is 25.2. The van der Waals surface area contributed by atoms with E-state index in [4.69, 9.17) is 10.5 Å². The quantitative estimate of drug-likeness (QED) is 0.873. The average molecular weight is 304 g/mol. The molecule has 0 spiro atoms. The Bertz CT molecular complexity index is 551. The Morgan fingerprint density at radius 2 is 1.91 bits per heavy atom. The van der Waals surface area contributed by atoms with E-state index in [1.807, 2.05) is 32.0 Å². The first-order chi connectivity index (χ1) is 10.5. The van der Waals surface area contributed by atoms with Crippen LogP contribution in [0.4, 0.5) is 0 Å². The van der Waals surface area contributed by atoms with Crippen LogP contribution in [0.2, 0.25) is 0 Å². The number of primary amides is 1. The fourth-order valence-electron chi connectivity index (χ4n) is 2.84. The maximum atomic E-state index is 12.4. The number of carbonyl (C=O) groups is 2. The Morgan fingerprint density at radius 3 is 2.50 bits per heavy atom. The molecule has 0 aliphatic heterocycles. The topological polar surface area (TPSA) is 72.6 Å². The summed E-state index contributed by atoms with van der Waals surface area (Å²) >= 11 is 0. The van der Waals surface area contributed by atoms with Crippen LogP contribution in [-0.2, 0) is 9.59 Å². The van der Waals surface area contributed by atoms with Crippen LogP contribution < -0.4 is 10.5 Å². The normalized spacial score (nSPS) is 14.8. The first-order valence-corrected chi connectivity index (χ1v) is 7.75. The number of amides is 2. The molecule has 0 aromatic heterocycles. The molecule has 120 valence electrons. The van der Waals surface area contributed by atoms with E-state index in [-0.39, 0.29) is 25.1 Å². The van der Waals surface area contributed by atoms with Crippen LogP contribution in [-0.4, -0.2) is 35.9 Å². The number of hydrogen-bond acceptors (Lipinski definition) is 3. The SMILES string of the molecule is Cc1ccc(OCC(=O)N(CC(N)=O)C2CCCC2)cc1C. The van der Waals surface area contributed by atoms with Crippen molar-refractivity contribution in [1.29, 1.82) is 0 Å². The van der Waals surface area contributed by atoms with Gasteiger partial charge in [-0.25, -0.2) is 0 Å². The lowest BCUT2D eigenvalue weighted by molar-refractivity contribution is -0.139. The molecule has 0 unspecified atom stereocenters. The molecule has 0 radical (unpaired) electrons. The molecule has 2 amide bonds. The van der Waals surface area contributed by atoms with Gasteiger partial charge in [0.05, 0.1) is 6.54 Å². The van der Waals surface area contributed by atoms with Crippen molar-refractivity contribution in [3.63, 3.8) is 0 Å². The number of nitrogens with zero attached hydrogens (tertiary/aromatic N) is 1. The second-order valence-electron chi connectivity index (χ2n) is 5.96. The van der Waals surface area contributed by atoms with E-state index in [1.54, 1.807) is 4.90 Å². The first kappa shape index (κ1) is 16.3. The Hall–Kier alpha value is -2.04. The van der Waals surface area contributed by atoms with Crippen molar-refractivity contribution < 1.29 is 14.3 Å². The summed E-state index contributed by atoms with van der Waals surface area (Å²) in [6.45, 7) is 3.94. The lowest BCUT2D eigenvalue weighted by Crippen LogP contribution is -2.46. The zero-order chi connectivity index (χ0) is 16.1. The van der Waals surface area contributed by atoms with Gasteiger partial charge < -0.3 is 15.4 Å². The molecule has 0 saturated heterocycles. The van der Waals surface area contributed by atoms with E-state index in [1.165, 1.54) is 5.56 Å². The average Bonchev–Trinajstić information content (AvgIpc) is 2.99. The summed E-state index contributed by atoms with van der Waals surface area (Å²) in [5.74, 6) is 0.0113. The van der Waals surface area contributed by atoms with E-state index in [9.17, 15) is 9.59 Å². The minimum absolute atomic E-state index is 0.0280. The Kier molecular flexibility index (Phi) is 5.41. The number of rotatable bonds is 6. The minimum Gasteiger partial charge on any atom is -0.484 e. The van der Waals surface area contributed by atoms with Gasteiger partial charge in [0.2, 0.25) is 5.91 Å². The van der Waals surface area contributed by atoms with Gasteiger partial charge in [0.15, 0.2) is 6.61 Å². The number of benzene rings is 1. The summed E-state index contributed by atoms with van der Waals surface area (Å²) in [7, 11) is 0. The van der Waals surface area contributed by atoms with Gasteiger partial charge in [0.25, 0.3) is 5.91 Å². The highest BCUT2D eigenvalue weighted by Crippen LogP contribution is 2.23. The van der Waals surface area contributed by atoms with Gasteiger partial charge in [-0.05, 0) is 49.9 Å². The second-order valence-corrected chi connectivity index (χ2v) is 5.96. The molecule has 0 heterocycles. The molecule has 5 heteroatoms. The van der Waals surface area contributed by atoms with Crippen LogP contribution in [0.5, 0.6) is 5.75 Å². The molecule has 1 aliphatic rings. The maximum Gasteiger partial charge on any atom is 0.261 e. The molecule has 1 aromatic rings. The number of aryl methyl sites for hydroxylation is 2. The maximum absolute atomic E-state index is 12.4. The summed E-state index contributed by atoms with van der Waals surface area (Å²) < 4.78 is 5.58. The Morgan fingerprint density at radius 1 is 1.23 bits per heavy atom. The van der Waals surface area contributed by atoms with Gasteiger partial charge in [-0.15, -0.1) is 0 Å². The van der Waals surface area contributed by atoms with Gasteiger partial charge in [0, 0.05) is 6.04 Å². The molecule has 1 fully saturated rings. The molecule has 0 bridgehead atoms. The van der Waals surface area contributed by atoms with Crippen LogP contribution in [0, 0.1) is 13.8 Å². The minimum atomic E-state index is -0.480. The Balaban J connectivity index is 1.97. The van der Waals surface area contributed by atoms with Crippen LogP contribution in [0.3, 0.4) is 0 Å². The third-order valence-electron chi connectivity index (χ3n) is 4.25. The highest BCUT2D eigenvalue weighted by Gasteiger charge is 2.27. The summed E-state index contributed by atoms with van der Waals surface area (Å²) in [5, 5.41) is 0. The fraction of sp³-hybridized carbons (Fsp3) is 0.529. The van der Waals surface area contributed by atoms with Crippen LogP contribution in [0.1, 0.15) is 36.8 Å². The summed E-state index contributed by atoms with van der Waals surface area (Å²) in [6, 6.07) is 5.84. The van der Waals surface area contributed by atoms with E-state index in [0.717, 1.165) is 31.2 Å². The second kappa shape index (κ2) is 7.29. The van der Waals surface area contributed by atoms with Crippen molar-refractivity contribution in [3.05, 3.63) is 29.3 Å². The number of ether oxygens (including phenoxy) is 1. The third-order valence-corrected chi connectivity index (χ3v) is 4.25. The lowest BCUT2D eigenvalue weighted by atomic mass is 10.1. The van der Waals surface area contributed by atoms with Gasteiger partial charge in [-0.2, -0.15) is 0 Å². The zero-order valence-electron chi connectivity index (χ0n) is 13.3. The van der Waals surface area contributed by atoms with E-state index in [2.05, 4.69) is 0 Å². The molecule has 5 nitrogen and oxygen atoms in total. The predicted octanol–water partition coefficient (Wildman–Crippen LogP) is 1.94. The molecule has 2 N–H and O–H groups in total. The molecular weight excluding hydrogens is 280 g/mol. The van der Waals surface area contributed by atoms with Crippen molar-refractivity contribution in [1.82, 2.24) is 4.90 Å². The zero-order valence-corrected chi connectivity index (χ0v) is 13.3. The predicted molar refractivity (Wildman–Crippen MR) is 84.6 cm³/mol. The summed E-state index contributed by atoms with van der Waals surface area (Å²) in [5.41, 5.74) is 7.57. The van der Waals surface area contributed by atoms with Gasteiger partial charge in [0.1, 0.15) is 5.75 Å². The fourth-order valence-corrected chi connectivity index (χ4v) is 2.84. The first-order valence-electron chi connectivity index (χ1n) is 7.75. The smallest absolute Gasteiger partial charge is 0.261 e. The standard InChI is InChI=1S/C17H24N2O3/c1-12-7-8-15(9-13(12)2)22-11-17(21)19(10-16(18)20)14-5-3-4-6-14/h7-9,14H,3-6,10-11H2,1-2H3,(H2,18,20). The number of hydrogen-bond donors (Lipinski definition) is 1. The van der Waals surface area contributed by atoms with Crippen LogP contribution in [0.25, 0.3) is 0 Å². The third kappa shape index (κ3) is 4.23. The van der Waals surface area contributed by atoms with Crippen molar-refractivity contribution in [2.24, 2.45) is 5.73 Å². The highest BCUT2D eigenvalue weighted by molar-refractivity contribution is 5.84. The monoisotopic (exact) mass is 304 g/mol. The van der Waals surface area contributed by atoms with Gasteiger partial charge in [-0.1, -0.05) is 18.9 Å². The molecular formula is C17H24N2O3. The van der Waals surface area contributed by atoms with Gasteiger partial charge in [-0.3, -0.25) is 9.59 Å². The van der Waals surface area contributed by atoms with E-state index >= 15 is 0 Å². The number of nitrogens with two attached hydrogens (primary N) is 1. The van der Waals surface area contributed by atoms with E-state index < -0.39 is 5.91 Å². The van der Waals surface area contributed by atoms with Gasteiger partial charge >= 0.3 is 0 Å². The molecule has 1 aromatic carbocycles. The number of carbonyl (C=O) groups excluding carboxylic acids is 2. The molecule has 2 rings (SSSR count). The largest absolute Gasteiger partial charge is 0.484 e. The van der Waals surface area contributed by atoms with Crippen molar-refractivity contribution >= 4 is 11.8 Å². The van der Waals surface area contributed by atoms with Crippen LogP contribution >= 0.6 is 0 Å². The summed E-state index contributed by atoms with van der Waals surface area (Å²) in [6.07, 6.45) is 4.04. The van der Waals surface area contributed by atoms with Crippen molar-refractivity contribution in [3.8, 4) is 5.75 Å². The molecule has 1 saturated carbocycles. The molecule has 1 aliphatic carbocycles.